The first-order chi connectivity index (χ1) is 13.1. The van der Waals surface area contributed by atoms with Crippen LogP contribution in [0.15, 0.2) is 59.5 Å². The van der Waals surface area contributed by atoms with Crippen molar-refractivity contribution in [2.24, 2.45) is 5.92 Å². The van der Waals surface area contributed by atoms with E-state index in [-0.39, 0.29) is 30.2 Å². The van der Waals surface area contributed by atoms with Gasteiger partial charge in [-0.1, -0.05) is 48.0 Å². The monoisotopic (exact) mass is 401 g/mol. The SMILES string of the molecule is CC(=O)[C@@]1(O)CN(S(=O)(=O)c2ccc(C)cc2)C[C@@H]1CC(=O)c1ccccc1. The molecule has 2 aromatic rings. The van der Waals surface area contributed by atoms with Gasteiger partial charge < -0.3 is 5.11 Å². The lowest BCUT2D eigenvalue weighted by Crippen LogP contribution is -2.46. The minimum atomic E-state index is -3.88. The molecule has 7 heteroatoms. The molecule has 28 heavy (non-hydrogen) atoms. The molecule has 1 saturated heterocycles. The van der Waals surface area contributed by atoms with Crippen molar-refractivity contribution in [1.82, 2.24) is 4.31 Å². The first-order valence-electron chi connectivity index (χ1n) is 9.03. The van der Waals surface area contributed by atoms with Crippen LogP contribution in [0.25, 0.3) is 0 Å². The lowest BCUT2D eigenvalue weighted by atomic mass is 9.83. The van der Waals surface area contributed by atoms with Crippen LogP contribution in [0.2, 0.25) is 0 Å². The van der Waals surface area contributed by atoms with E-state index in [1.165, 1.54) is 19.1 Å². The highest BCUT2D eigenvalue weighted by Crippen LogP contribution is 2.35. The quantitative estimate of drug-likeness (QED) is 0.750. The Bertz CT molecular complexity index is 985. The van der Waals surface area contributed by atoms with E-state index in [2.05, 4.69) is 0 Å². The van der Waals surface area contributed by atoms with Crippen LogP contribution in [0.3, 0.4) is 0 Å². The van der Waals surface area contributed by atoms with E-state index in [0.717, 1.165) is 9.87 Å². The highest BCUT2D eigenvalue weighted by molar-refractivity contribution is 7.89. The molecule has 148 valence electrons. The minimum absolute atomic E-state index is 0.0924. The highest BCUT2D eigenvalue weighted by Gasteiger charge is 2.52. The van der Waals surface area contributed by atoms with Crippen LogP contribution >= 0.6 is 0 Å². The summed E-state index contributed by atoms with van der Waals surface area (Å²) in [5.74, 6) is -1.59. The third-order valence-corrected chi connectivity index (χ3v) is 7.14. The Morgan fingerprint density at radius 1 is 1.11 bits per heavy atom. The molecule has 1 N–H and O–H groups in total. The van der Waals surface area contributed by atoms with Crippen molar-refractivity contribution in [1.29, 1.82) is 0 Å². The van der Waals surface area contributed by atoms with E-state index >= 15 is 0 Å². The zero-order valence-electron chi connectivity index (χ0n) is 15.8. The Morgan fingerprint density at radius 2 is 1.71 bits per heavy atom. The first-order valence-corrected chi connectivity index (χ1v) is 10.5. The van der Waals surface area contributed by atoms with Crippen LogP contribution < -0.4 is 0 Å². The summed E-state index contributed by atoms with van der Waals surface area (Å²) >= 11 is 0. The summed E-state index contributed by atoms with van der Waals surface area (Å²) in [6.07, 6.45) is -0.111. The molecular formula is C21H23NO5S. The highest BCUT2D eigenvalue weighted by atomic mass is 32.2. The topological polar surface area (TPSA) is 91.8 Å². The zero-order chi connectivity index (χ0) is 20.5. The lowest BCUT2D eigenvalue weighted by Gasteiger charge is -2.25. The van der Waals surface area contributed by atoms with Gasteiger partial charge in [0.1, 0.15) is 5.60 Å². The molecule has 0 radical (unpaired) electrons. The van der Waals surface area contributed by atoms with Crippen molar-refractivity contribution < 1.29 is 23.1 Å². The molecule has 0 aromatic heterocycles. The summed E-state index contributed by atoms with van der Waals surface area (Å²) in [6.45, 7) is 2.63. The van der Waals surface area contributed by atoms with Gasteiger partial charge in [0.15, 0.2) is 11.6 Å². The molecule has 1 fully saturated rings. The summed E-state index contributed by atoms with van der Waals surface area (Å²) in [4.78, 5) is 24.8. The van der Waals surface area contributed by atoms with Crippen molar-refractivity contribution in [2.75, 3.05) is 13.1 Å². The van der Waals surface area contributed by atoms with E-state index in [4.69, 9.17) is 0 Å². The number of β-amino-alcohol motifs (C(OH)–C–C–N with tert-alkyl or cyclic N) is 1. The van der Waals surface area contributed by atoms with E-state index in [1.54, 1.807) is 42.5 Å². The van der Waals surface area contributed by atoms with Gasteiger partial charge in [0.25, 0.3) is 0 Å². The number of carbonyl (C=O) groups is 2. The maximum atomic E-state index is 13.0. The van der Waals surface area contributed by atoms with Gasteiger partial charge in [0.05, 0.1) is 11.4 Å². The molecule has 0 aliphatic carbocycles. The lowest BCUT2D eigenvalue weighted by molar-refractivity contribution is -0.137. The molecule has 1 aliphatic heterocycles. The van der Waals surface area contributed by atoms with E-state index in [1.807, 2.05) is 6.92 Å². The number of hydrogen-bond acceptors (Lipinski definition) is 5. The van der Waals surface area contributed by atoms with E-state index in [0.29, 0.717) is 5.56 Å². The van der Waals surface area contributed by atoms with Crippen LogP contribution in [-0.2, 0) is 14.8 Å². The molecule has 2 atom stereocenters. The van der Waals surface area contributed by atoms with Crippen molar-refractivity contribution in [2.45, 2.75) is 30.8 Å². The van der Waals surface area contributed by atoms with Crippen molar-refractivity contribution >= 4 is 21.6 Å². The number of rotatable bonds is 6. The fourth-order valence-corrected chi connectivity index (χ4v) is 5.02. The second-order valence-electron chi connectivity index (χ2n) is 7.28. The Labute approximate surface area is 164 Å². The van der Waals surface area contributed by atoms with Crippen molar-refractivity contribution in [3.05, 3.63) is 65.7 Å². The van der Waals surface area contributed by atoms with Gasteiger partial charge in [-0.2, -0.15) is 4.31 Å². The van der Waals surface area contributed by atoms with Gasteiger partial charge in [-0.25, -0.2) is 8.42 Å². The average Bonchev–Trinajstić information content (AvgIpc) is 3.01. The normalized spacial score (nSPS) is 22.9. The Morgan fingerprint density at radius 3 is 2.29 bits per heavy atom. The molecule has 1 aliphatic rings. The maximum absolute atomic E-state index is 13.0. The molecular weight excluding hydrogens is 378 g/mol. The number of sulfonamides is 1. The molecule has 0 unspecified atom stereocenters. The predicted molar refractivity (Wildman–Crippen MR) is 104 cm³/mol. The van der Waals surface area contributed by atoms with Gasteiger partial charge in [-0.3, -0.25) is 9.59 Å². The number of aliphatic hydroxyl groups is 1. The fourth-order valence-electron chi connectivity index (χ4n) is 3.50. The second kappa shape index (κ2) is 7.58. The second-order valence-corrected chi connectivity index (χ2v) is 9.22. The average molecular weight is 401 g/mol. The Balaban J connectivity index is 1.88. The van der Waals surface area contributed by atoms with Crippen LogP contribution in [0.4, 0.5) is 0 Å². The smallest absolute Gasteiger partial charge is 0.243 e. The summed E-state index contributed by atoms with van der Waals surface area (Å²) in [7, 11) is -3.88. The molecule has 2 aromatic carbocycles. The summed E-state index contributed by atoms with van der Waals surface area (Å²) in [6, 6.07) is 14.9. The summed E-state index contributed by atoms with van der Waals surface area (Å²) < 4.78 is 27.1. The maximum Gasteiger partial charge on any atom is 0.243 e. The molecule has 0 saturated carbocycles. The van der Waals surface area contributed by atoms with Crippen LogP contribution in [0.5, 0.6) is 0 Å². The molecule has 6 nitrogen and oxygen atoms in total. The van der Waals surface area contributed by atoms with Gasteiger partial charge in [0, 0.05) is 24.4 Å². The van der Waals surface area contributed by atoms with Crippen molar-refractivity contribution in [3.8, 4) is 0 Å². The number of carbonyl (C=O) groups excluding carboxylic acids is 2. The fraction of sp³-hybridized carbons (Fsp3) is 0.333. The van der Waals surface area contributed by atoms with Gasteiger partial charge >= 0.3 is 0 Å². The minimum Gasteiger partial charge on any atom is -0.380 e. The Hall–Kier alpha value is -2.35. The van der Waals surface area contributed by atoms with Crippen molar-refractivity contribution in [3.63, 3.8) is 0 Å². The van der Waals surface area contributed by atoms with Crippen LogP contribution in [-0.4, -0.2) is 48.1 Å². The first kappa shape index (κ1) is 20.4. The standard InChI is InChI=1S/C21H23NO5S/c1-15-8-10-19(11-9-15)28(26,27)22-13-18(21(25,14-22)16(2)23)12-20(24)17-6-4-3-5-7-17/h3-11,18,25H,12-14H2,1-2H3/t18-,21-/m0/s1. The van der Waals surface area contributed by atoms with E-state index < -0.39 is 27.3 Å². The third kappa shape index (κ3) is 3.78. The summed E-state index contributed by atoms with van der Waals surface area (Å²) in [5, 5.41) is 10.9. The van der Waals surface area contributed by atoms with Crippen LogP contribution in [0.1, 0.15) is 29.3 Å². The summed E-state index contributed by atoms with van der Waals surface area (Å²) in [5.41, 5.74) is -0.498. The molecule has 0 spiro atoms. The molecule has 0 bridgehead atoms. The van der Waals surface area contributed by atoms with Gasteiger partial charge in [-0.05, 0) is 26.0 Å². The predicted octanol–water partition coefficient (Wildman–Crippen LogP) is 2.21. The number of ketones is 2. The molecule has 3 rings (SSSR count). The zero-order valence-corrected chi connectivity index (χ0v) is 16.6. The number of aryl methyl sites for hydroxylation is 1. The number of hydrogen-bond donors (Lipinski definition) is 1. The van der Waals surface area contributed by atoms with Crippen LogP contribution in [0, 0.1) is 12.8 Å². The third-order valence-electron chi connectivity index (χ3n) is 5.31. The largest absolute Gasteiger partial charge is 0.380 e. The van der Waals surface area contributed by atoms with Gasteiger partial charge in [0.2, 0.25) is 10.0 Å². The molecule has 0 amide bonds. The number of nitrogens with zero attached hydrogens (tertiary/aromatic N) is 1. The molecule has 1 heterocycles. The van der Waals surface area contributed by atoms with Gasteiger partial charge in [-0.15, -0.1) is 0 Å². The van der Waals surface area contributed by atoms with E-state index in [9.17, 15) is 23.1 Å². The Kier molecular flexibility index (Phi) is 5.52. The number of benzene rings is 2. The number of Topliss-reactive ketones (excluding diaryl/α,β-unsaturated/α-hetero) is 2.